The minimum absolute atomic E-state index is 0.00620. The number of benzene rings is 1. The Bertz CT molecular complexity index is 762. The normalized spacial score (nSPS) is 16.5. The van der Waals surface area contributed by atoms with Crippen molar-refractivity contribution < 1.29 is 33.0 Å². The van der Waals surface area contributed by atoms with Crippen LogP contribution in [0.1, 0.15) is 24.2 Å². The molecule has 1 aromatic rings. The monoisotopic (exact) mass is 366 g/mol. The van der Waals surface area contributed by atoms with E-state index in [4.69, 9.17) is 14.2 Å². The third-order valence-electron chi connectivity index (χ3n) is 3.60. The summed E-state index contributed by atoms with van der Waals surface area (Å²) in [5.41, 5.74) is 0.233. The van der Waals surface area contributed by atoms with Crippen molar-refractivity contribution in [2.45, 2.75) is 19.9 Å². The van der Waals surface area contributed by atoms with E-state index in [0.29, 0.717) is 0 Å². The van der Waals surface area contributed by atoms with E-state index in [1.54, 1.807) is 13.8 Å². The van der Waals surface area contributed by atoms with Crippen LogP contribution in [0.3, 0.4) is 0 Å². The summed E-state index contributed by atoms with van der Waals surface area (Å²) in [6, 6.07) is 2.46. The molecule has 0 radical (unpaired) electrons. The molecule has 0 aliphatic carbocycles. The number of hydrogen-bond donors (Lipinski definition) is 2. The number of ether oxygens (including phenoxy) is 3. The van der Waals surface area contributed by atoms with Crippen molar-refractivity contribution in [1.29, 1.82) is 0 Å². The van der Waals surface area contributed by atoms with Crippen molar-refractivity contribution in [2.24, 2.45) is 0 Å². The first kappa shape index (κ1) is 19.2. The predicted octanol–water partition coefficient (Wildman–Crippen LogP) is 1.51. The van der Waals surface area contributed by atoms with E-state index < -0.39 is 29.8 Å². The molecule has 26 heavy (non-hydrogen) atoms. The van der Waals surface area contributed by atoms with Gasteiger partial charge in [0.25, 0.3) is 0 Å². The molecule has 0 bridgehead atoms. The summed E-state index contributed by atoms with van der Waals surface area (Å²) in [5, 5.41) is 4.96. The molecule has 9 heteroatoms. The number of rotatable bonds is 6. The lowest BCUT2D eigenvalue weighted by Gasteiger charge is -2.26. The van der Waals surface area contributed by atoms with E-state index in [9.17, 15) is 18.8 Å². The summed E-state index contributed by atoms with van der Waals surface area (Å²) >= 11 is 0. The Hall–Kier alpha value is -3.10. The first-order valence-electron chi connectivity index (χ1n) is 7.85. The van der Waals surface area contributed by atoms with Crippen molar-refractivity contribution in [3.8, 4) is 5.75 Å². The molecule has 140 valence electrons. The molecule has 2 rings (SSSR count). The highest BCUT2D eigenvalue weighted by Gasteiger charge is 2.30. The molecule has 1 heterocycles. The van der Waals surface area contributed by atoms with E-state index in [2.05, 4.69) is 10.6 Å². The highest BCUT2D eigenvalue weighted by atomic mass is 19.1. The quantitative estimate of drug-likeness (QED) is 0.740. The summed E-state index contributed by atoms with van der Waals surface area (Å²) in [6.07, 6.45) is 0. The molecule has 1 unspecified atom stereocenters. The third kappa shape index (κ3) is 4.29. The van der Waals surface area contributed by atoms with Gasteiger partial charge in [-0.25, -0.2) is 18.8 Å². The first-order chi connectivity index (χ1) is 12.4. The van der Waals surface area contributed by atoms with E-state index in [1.165, 1.54) is 19.2 Å². The fraction of sp³-hybridized carbons (Fsp3) is 0.353. The van der Waals surface area contributed by atoms with Crippen molar-refractivity contribution in [3.63, 3.8) is 0 Å². The molecule has 1 atom stereocenters. The summed E-state index contributed by atoms with van der Waals surface area (Å²) < 4.78 is 28.5. The van der Waals surface area contributed by atoms with Crippen LogP contribution in [0.2, 0.25) is 0 Å². The summed E-state index contributed by atoms with van der Waals surface area (Å²) in [4.78, 5) is 35.8. The van der Waals surface area contributed by atoms with Gasteiger partial charge in [0.05, 0.1) is 36.6 Å². The van der Waals surface area contributed by atoms with Crippen molar-refractivity contribution in [1.82, 2.24) is 10.6 Å². The molecular weight excluding hydrogens is 347 g/mol. The smallest absolute Gasteiger partial charge is 0.338 e. The van der Waals surface area contributed by atoms with Gasteiger partial charge in [-0.15, -0.1) is 0 Å². The number of hydrogen-bond acceptors (Lipinski definition) is 6. The van der Waals surface area contributed by atoms with Crippen LogP contribution in [0.4, 0.5) is 9.18 Å². The van der Waals surface area contributed by atoms with Crippen molar-refractivity contribution >= 4 is 18.0 Å². The molecule has 1 aromatic carbocycles. The topological polar surface area (TPSA) is 103 Å². The molecule has 1 aliphatic heterocycles. The zero-order chi connectivity index (χ0) is 19.3. The number of nitrogens with one attached hydrogen (secondary N) is 2. The molecule has 1 aliphatic rings. The van der Waals surface area contributed by atoms with Crippen LogP contribution in [0.15, 0.2) is 29.5 Å². The lowest BCUT2D eigenvalue weighted by atomic mass is 10.0. The molecule has 2 amide bonds. The molecule has 0 aromatic heterocycles. The standard InChI is InChI=1S/C17H19FN2O6/c1-4-25-16(22)14-9(2)19-17(23)20-12(14)8-26-15(21)10-5-6-13(24-3)11(18)7-10/h5-7,9H,4,8H2,1-3H3,(H2,19,20,23). The van der Waals surface area contributed by atoms with Gasteiger partial charge in [-0.05, 0) is 32.0 Å². The number of methoxy groups -OCH3 is 1. The average molecular weight is 366 g/mol. The molecule has 0 spiro atoms. The van der Waals surface area contributed by atoms with Crippen molar-refractivity contribution in [3.05, 3.63) is 40.8 Å². The van der Waals surface area contributed by atoms with E-state index >= 15 is 0 Å². The Morgan fingerprint density at radius 2 is 1.96 bits per heavy atom. The number of esters is 2. The fourth-order valence-corrected chi connectivity index (χ4v) is 2.41. The highest BCUT2D eigenvalue weighted by molar-refractivity contribution is 5.95. The third-order valence-corrected chi connectivity index (χ3v) is 3.60. The largest absolute Gasteiger partial charge is 0.494 e. The Morgan fingerprint density at radius 1 is 1.23 bits per heavy atom. The Kier molecular flexibility index (Phi) is 6.16. The second kappa shape index (κ2) is 8.32. The molecule has 0 saturated heterocycles. The van der Waals surface area contributed by atoms with Gasteiger partial charge in [0.15, 0.2) is 11.6 Å². The van der Waals surface area contributed by atoms with Crippen LogP contribution < -0.4 is 15.4 Å². The number of halogens is 1. The maximum absolute atomic E-state index is 13.7. The van der Waals surface area contributed by atoms with Gasteiger partial charge in [0.1, 0.15) is 6.61 Å². The van der Waals surface area contributed by atoms with Crippen LogP contribution in [0.25, 0.3) is 0 Å². The van der Waals surface area contributed by atoms with Crippen LogP contribution >= 0.6 is 0 Å². The number of urea groups is 1. The van der Waals surface area contributed by atoms with Crippen LogP contribution in [0, 0.1) is 5.82 Å². The van der Waals surface area contributed by atoms with Gasteiger partial charge < -0.3 is 24.8 Å². The SMILES string of the molecule is CCOC(=O)C1=C(COC(=O)c2ccc(OC)c(F)c2)NC(=O)NC1C. The van der Waals surface area contributed by atoms with Gasteiger partial charge in [-0.3, -0.25) is 0 Å². The van der Waals surface area contributed by atoms with E-state index in [-0.39, 0.29) is 35.8 Å². The number of carbonyl (C=O) groups excluding carboxylic acids is 3. The minimum atomic E-state index is -0.817. The van der Waals surface area contributed by atoms with Crippen LogP contribution in [-0.2, 0) is 14.3 Å². The lowest BCUT2D eigenvalue weighted by Crippen LogP contribution is -2.50. The zero-order valence-corrected chi connectivity index (χ0v) is 14.6. The molecular formula is C17H19FN2O6. The first-order valence-corrected chi connectivity index (χ1v) is 7.85. The van der Waals surface area contributed by atoms with Crippen LogP contribution in [0.5, 0.6) is 5.75 Å². The van der Waals surface area contributed by atoms with Crippen LogP contribution in [-0.4, -0.2) is 44.3 Å². The molecule has 0 fully saturated rings. The van der Waals surface area contributed by atoms with Gasteiger partial charge >= 0.3 is 18.0 Å². The maximum Gasteiger partial charge on any atom is 0.338 e. The minimum Gasteiger partial charge on any atom is -0.494 e. The van der Waals surface area contributed by atoms with Gasteiger partial charge in [0.2, 0.25) is 0 Å². The summed E-state index contributed by atoms with van der Waals surface area (Å²) in [5.74, 6) is -2.16. The highest BCUT2D eigenvalue weighted by Crippen LogP contribution is 2.19. The molecule has 2 N–H and O–H groups in total. The summed E-state index contributed by atoms with van der Waals surface area (Å²) in [6.45, 7) is 3.03. The van der Waals surface area contributed by atoms with Gasteiger partial charge in [-0.1, -0.05) is 0 Å². The second-order valence-corrected chi connectivity index (χ2v) is 5.36. The lowest BCUT2D eigenvalue weighted by molar-refractivity contribution is -0.139. The second-order valence-electron chi connectivity index (χ2n) is 5.36. The molecule has 8 nitrogen and oxygen atoms in total. The summed E-state index contributed by atoms with van der Waals surface area (Å²) in [7, 11) is 1.31. The van der Waals surface area contributed by atoms with Crippen molar-refractivity contribution in [2.75, 3.05) is 20.3 Å². The number of carbonyl (C=O) groups is 3. The average Bonchev–Trinajstić information content (AvgIpc) is 2.59. The zero-order valence-electron chi connectivity index (χ0n) is 14.6. The van der Waals surface area contributed by atoms with Gasteiger partial charge in [0, 0.05) is 0 Å². The Balaban J connectivity index is 2.17. The maximum atomic E-state index is 13.7. The van der Waals surface area contributed by atoms with E-state index in [1.807, 2.05) is 0 Å². The van der Waals surface area contributed by atoms with Gasteiger partial charge in [-0.2, -0.15) is 0 Å². The molecule has 0 saturated carbocycles. The predicted molar refractivity (Wildman–Crippen MR) is 88.0 cm³/mol. The fourth-order valence-electron chi connectivity index (χ4n) is 2.41. The Labute approximate surface area is 149 Å². The van der Waals surface area contributed by atoms with E-state index in [0.717, 1.165) is 6.07 Å². The Morgan fingerprint density at radius 3 is 2.58 bits per heavy atom. The number of amides is 2.